The van der Waals surface area contributed by atoms with Crippen LogP contribution >= 0.6 is 0 Å². The molecule has 0 aliphatic rings. The number of carbonyl (C=O) groups excluding carboxylic acids is 2. The smallest absolute Gasteiger partial charge is 0.269 e. The molecule has 0 radical (unpaired) electrons. The van der Waals surface area contributed by atoms with Crippen LogP contribution in [0.5, 0.6) is 17.2 Å². The van der Waals surface area contributed by atoms with Crippen molar-refractivity contribution >= 4 is 17.5 Å². The predicted molar refractivity (Wildman–Crippen MR) is 98.5 cm³/mol. The Bertz CT molecular complexity index is 856. The van der Waals surface area contributed by atoms with Crippen LogP contribution in [0.25, 0.3) is 0 Å². The van der Waals surface area contributed by atoms with Crippen LogP contribution in [-0.2, 0) is 11.2 Å². The molecule has 10 nitrogen and oxygen atoms in total. The second-order valence-electron chi connectivity index (χ2n) is 5.52. The van der Waals surface area contributed by atoms with Crippen molar-refractivity contribution in [2.24, 2.45) is 0 Å². The topological polar surface area (TPSA) is 129 Å². The van der Waals surface area contributed by atoms with Crippen molar-refractivity contribution in [3.05, 3.63) is 57.6 Å². The molecule has 2 aromatic carbocycles. The van der Waals surface area contributed by atoms with E-state index in [1.165, 1.54) is 57.7 Å². The third kappa shape index (κ3) is 4.87. The molecule has 0 aliphatic carbocycles. The lowest BCUT2D eigenvalue weighted by molar-refractivity contribution is -0.384. The fourth-order valence-corrected chi connectivity index (χ4v) is 2.38. The number of nitro benzene ring substituents is 1. The first-order valence-electron chi connectivity index (χ1n) is 8.02. The lowest BCUT2D eigenvalue weighted by Crippen LogP contribution is -2.42. The summed E-state index contributed by atoms with van der Waals surface area (Å²) >= 11 is 0. The molecule has 2 amide bonds. The van der Waals surface area contributed by atoms with Gasteiger partial charge in [-0.2, -0.15) is 0 Å². The minimum absolute atomic E-state index is 0.0620. The Kier molecular flexibility index (Phi) is 6.74. The molecule has 10 heteroatoms. The van der Waals surface area contributed by atoms with E-state index in [0.717, 1.165) is 0 Å². The zero-order chi connectivity index (χ0) is 20.7. The fraction of sp³-hybridized carbons (Fsp3) is 0.222. The van der Waals surface area contributed by atoms with Gasteiger partial charge in [0.1, 0.15) is 0 Å². The molecule has 0 unspecified atom stereocenters. The van der Waals surface area contributed by atoms with Gasteiger partial charge < -0.3 is 14.2 Å². The average molecular weight is 389 g/mol. The number of benzene rings is 2. The number of hydrogen-bond acceptors (Lipinski definition) is 7. The van der Waals surface area contributed by atoms with Crippen LogP contribution in [0, 0.1) is 10.1 Å². The summed E-state index contributed by atoms with van der Waals surface area (Å²) in [5, 5.41) is 10.6. The molecular formula is C18H19N3O7. The third-order valence-electron chi connectivity index (χ3n) is 3.75. The number of nitrogens with zero attached hydrogens (tertiary/aromatic N) is 1. The number of rotatable bonds is 7. The first-order valence-corrected chi connectivity index (χ1v) is 8.02. The van der Waals surface area contributed by atoms with Crippen molar-refractivity contribution in [2.75, 3.05) is 21.3 Å². The number of nitrogens with one attached hydrogen (secondary N) is 2. The standard InChI is InChI=1S/C18H19N3O7/c1-26-14-9-12(10-15(27-2)17(14)28-3)18(23)20-19-16(22)8-11-4-6-13(7-5-11)21(24)25/h4-7,9-10H,8H2,1-3H3,(H,19,22)(H,20,23). The van der Waals surface area contributed by atoms with E-state index in [1.807, 2.05) is 0 Å². The van der Waals surface area contributed by atoms with Crippen molar-refractivity contribution in [3.8, 4) is 17.2 Å². The molecule has 0 saturated carbocycles. The molecule has 2 N–H and O–H groups in total. The number of non-ortho nitro benzene ring substituents is 1. The van der Waals surface area contributed by atoms with Gasteiger partial charge in [-0.1, -0.05) is 12.1 Å². The maximum atomic E-state index is 12.3. The van der Waals surface area contributed by atoms with Crippen molar-refractivity contribution in [1.82, 2.24) is 10.9 Å². The number of ether oxygens (including phenoxy) is 3. The molecule has 2 rings (SSSR count). The zero-order valence-electron chi connectivity index (χ0n) is 15.5. The number of amides is 2. The lowest BCUT2D eigenvalue weighted by Gasteiger charge is -2.14. The van der Waals surface area contributed by atoms with E-state index >= 15 is 0 Å². The van der Waals surface area contributed by atoms with Crippen LogP contribution in [0.1, 0.15) is 15.9 Å². The number of nitro groups is 1. The Morgan fingerprint density at radius 1 is 0.964 bits per heavy atom. The molecule has 0 spiro atoms. The van der Waals surface area contributed by atoms with Gasteiger partial charge in [-0.15, -0.1) is 0 Å². The normalized spacial score (nSPS) is 9.96. The van der Waals surface area contributed by atoms with Gasteiger partial charge in [-0.05, 0) is 17.7 Å². The van der Waals surface area contributed by atoms with Gasteiger partial charge in [0.25, 0.3) is 11.6 Å². The summed E-state index contributed by atoms with van der Waals surface area (Å²) in [5.41, 5.74) is 5.25. The number of carbonyl (C=O) groups is 2. The summed E-state index contributed by atoms with van der Waals surface area (Å²) in [5.74, 6) is -0.150. The average Bonchev–Trinajstić information content (AvgIpc) is 2.71. The maximum absolute atomic E-state index is 12.3. The van der Waals surface area contributed by atoms with Crippen LogP contribution in [0.2, 0.25) is 0 Å². The van der Waals surface area contributed by atoms with Gasteiger partial charge in [0.05, 0.1) is 32.7 Å². The second kappa shape index (κ2) is 9.21. The largest absolute Gasteiger partial charge is 0.493 e. The molecule has 0 atom stereocenters. The summed E-state index contributed by atoms with van der Waals surface area (Å²) in [4.78, 5) is 34.4. The van der Waals surface area contributed by atoms with E-state index in [0.29, 0.717) is 22.8 Å². The zero-order valence-corrected chi connectivity index (χ0v) is 15.5. The highest BCUT2D eigenvalue weighted by Gasteiger charge is 2.17. The van der Waals surface area contributed by atoms with Gasteiger partial charge >= 0.3 is 0 Å². The summed E-state index contributed by atoms with van der Waals surface area (Å²) < 4.78 is 15.5. The molecule has 0 heterocycles. The van der Waals surface area contributed by atoms with E-state index < -0.39 is 16.7 Å². The van der Waals surface area contributed by atoms with E-state index in [1.54, 1.807) is 0 Å². The Morgan fingerprint density at radius 3 is 2.00 bits per heavy atom. The quantitative estimate of drug-likeness (QED) is 0.544. The molecule has 0 fully saturated rings. The molecule has 148 valence electrons. The van der Waals surface area contributed by atoms with Gasteiger partial charge in [0, 0.05) is 17.7 Å². The van der Waals surface area contributed by atoms with Crippen LogP contribution in [0.4, 0.5) is 5.69 Å². The first kappa shape index (κ1) is 20.5. The second-order valence-corrected chi connectivity index (χ2v) is 5.52. The van der Waals surface area contributed by atoms with Crippen molar-refractivity contribution < 1.29 is 28.7 Å². The summed E-state index contributed by atoms with van der Waals surface area (Å²) in [6.07, 6.45) is -0.0620. The van der Waals surface area contributed by atoms with Gasteiger partial charge in [-0.3, -0.25) is 30.6 Å². The minimum atomic E-state index is -0.587. The van der Waals surface area contributed by atoms with Crippen LogP contribution < -0.4 is 25.1 Å². The first-order chi connectivity index (χ1) is 13.4. The van der Waals surface area contributed by atoms with Crippen molar-refractivity contribution in [2.45, 2.75) is 6.42 Å². The van der Waals surface area contributed by atoms with E-state index in [2.05, 4.69) is 10.9 Å². The van der Waals surface area contributed by atoms with E-state index in [4.69, 9.17) is 14.2 Å². The number of hydrogen-bond donors (Lipinski definition) is 2. The Balaban J connectivity index is 2.01. The molecule has 28 heavy (non-hydrogen) atoms. The molecule has 0 aliphatic heterocycles. The lowest BCUT2D eigenvalue weighted by atomic mass is 10.1. The highest BCUT2D eigenvalue weighted by atomic mass is 16.6. The van der Waals surface area contributed by atoms with E-state index in [9.17, 15) is 19.7 Å². The minimum Gasteiger partial charge on any atom is -0.493 e. The van der Waals surface area contributed by atoms with Crippen LogP contribution in [0.3, 0.4) is 0 Å². The maximum Gasteiger partial charge on any atom is 0.269 e. The van der Waals surface area contributed by atoms with Crippen molar-refractivity contribution in [1.29, 1.82) is 0 Å². The summed E-state index contributed by atoms with van der Waals surface area (Å²) in [6, 6.07) is 8.43. The predicted octanol–water partition coefficient (Wildman–Crippen LogP) is 1.62. The monoisotopic (exact) mass is 389 g/mol. The molecular weight excluding hydrogens is 370 g/mol. The van der Waals surface area contributed by atoms with Crippen LogP contribution in [0.15, 0.2) is 36.4 Å². The number of hydrazine groups is 1. The van der Waals surface area contributed by atoms with E-state index in [-0.39, 0.29) is 17.7 Å². The summed E-state index contributed by atoms with van der Waals surface area (Å²) in [6.45, 7) is 0. The Morgan fingerprint density at radius 2 is 1.54 bits per heavy atom. The van der Waals surface area contributed by atoms with Gasteiger partial charge in [0.2, 0.25) is 11.7 Å². The molecule has 0 bridgehead atoms. The number of methoxy groups -OCH3 is 3. The molecule has 2 aromatic rings. The highest BCUT2D eigenvalue weighted by Crippen LogP contribution is 2.38. The highest BCUT2D eigenvalue weighted by molar-refractivity contribution is 5.96. The molecule has 0 aromatic heterocycles. The Labute approximate surface area is 160 Å². The van der Waals surface area contributed by atoms with Gasteiger partial charge in [0.15, 0.2) is 11.5 Å². The Hall–Kier alpha value is -3.82. The van der Waals surface area contributed by atoms with Gasteiger partial charge in [-0.25, -0.2) is 0 Å². The third-order valence-corrected chi connectivity index (χ3v) is 3.75. The fourth-order valence-electron chi connectivity index (χ4n) is 2.38. The van der Waals surface area contributed by atoms with Crippen LogP contribution in [-0.4, -0.2) is 38.1 Å². The SMILES string of the molecule is COc1cc(C(=O)NNC(=O)Cc2ccc([N+](=O)[O-])cc2)cc(OC)c1OC. The van der Waals surface area contributed by atoms with Crippen molar-refractivity contribution in [3.63, 3.8) is 0 Å². The summed E-state index contributed by atoms with van der Waals surface area (Å²) in [7, 11) is 4.29. The molecule has 0 saturated heterocycles.